The fourth-order valence-electron chi connectivity index (χ4n) is 4.65. The van der Waals surface area contributed by atoms with E-state index in [1.807, 2.05) is 26.0 Å². The molecule has 15 heteroatoms. The number of aryl methyl sites for hydroxylation is 1. The zero-order valence-electron chi connectivity index (χ0n) is 26.9. The van der Waals surface area contributed by atoms with Crippen LogP contribution in [0.25, 0.3) is 0 Å². The molecule has 1 aromatic rings. The van der Waals surface area contributed by atoms with Gasteiger partial charge in [0.15, 0.2) is 0 Å². The monoisotopic (exact) mass is 659 g/mol. The first-order valence-corrected chi connectivity index (χ1v) is 17.4. The van der Waals surface area contributed by atoms with E-state index in [2.05, 4.69) is 27.6 Å². The lowest BCUT2D eigenvalue weighted by Crippen LogP contribution is -2.58. The summed E-state index contributed by atoms with van der Waals surface area (Å²) < 4.78 is 25.5. The van der Waals surface area contributed by atoms with Crippen molar-refractivity contribution in [3.8, 4) is 5.75 Å². The maximum absolute atomic E-state index is 12.7. The molecule has 45 heavy (non-hydrogen) atoms. The number of sulfonamides is 1. The molecule has 1 aliphatic rings. The molecule has 2 rings (SSSR count). The van der Waals surface area contributed by atoms with Crippen molar-refractivity contribution in [3.63, 3.8) is 0 Å². The largest absolute Gasteiger partial charge is 0.508 e. The van der Waals surface area contributed by atoms with Crippen LogP contribution in [0.2, 0.25) is 0 Å². The third-order valence-corrected chi connectivity index (χ3v) is 7.65. The number of unbranched alkanes of at least 4 members (excludes halogenated alkanes) is 1. The number of carboxylic acids is 2. The molecule has 258 valence electrons. The molecule has 2 amide bonds. The SMILES string of the molecule is CC.CCc1ccc(O)cc1.CS(=O)(=O)NC(CCCCN)C(=O)NCC(NC(C(=O)NCC(=O)O)C1CCCCC1)C(=O)O. The number of nitrogens with one attached hydrogen (secondary N) is 4. The predicted octanol–water partition coefficient (Wildman–Crippen LogP) is 1.32. The number of carboxylic acid groups (broad SMARTS) is 2. The molecule has 14 nitrogen and oxygen atoms in total. The van der Waals surface area contributed by atoms with Gasteiger partial charge in [0.2, 0.25) is 21.8 Å². The highest BCUT2D eigenvalue weighted by atomic mass is 32.2. The van der Waals surface area contributed by atoms with Crippen LogP contribution in [0.5, 0.6) is 5.75 Å². The summed E-state index contributed by atoms with van der Waals surface area (Å²) in [5, 5.41) is 34.9. The number of aromatic hydroxyl groups is 1. The summed E-state index contributed by atoms with van der Waals surface area (Å²) in [4.78, 5) is 48.0. The van der Waals surface area contributed by atoms with Crippen LogP contribution in [0.4, 0.5) is 0 Å². The van der Waals surface area contributed by atoms with Crippen molar-refractivity contribution in [3.05, 3.63) is 29.8 Å². The molecular weight excluding hydrogens is 606 g/mol. The summed E-state index contributed by atoms with van der Waals surface area (Å²) in [6.07, 6.45) is 7.30. The van der Waals surface area contributed by atoms with Gasteiger partial charge in [-0.3, -0.25) is 24.5 Å². The number of amides is 2. The number of carbonyl (C=O) groups excluding carboxylic acids is 2. The maximum Gasteiger partial charge on any atom is 0.322 e. The second-order valence-corrected chi connectivity index (χ2v) is 12.3. The van der Waals surface area contributed by atoms with E-state index in [4.69, 9.17) is 15.9 Å². The number of rotatable bonds is 17. The summed E-state index contributed by atoms with van der Waals surface area (Å²) in [6.45, 7) is 5.47. The fourth-order valence-corrected chi connectivity index (χ4v) is 5.39. The first-order chi connectivity index (χ1) is 21.3. The summed E-state index contributed by atoms with van der Waals surface area (Å²) in [5.74, 6) is -3.70. The molecule has 3 unspecified atom stereocenters. The summed E-state index contributed by atoms with van der Waals surface area (Å²) in [6, 6.07) is 3.87. The van der Waals surface area contributed by atoms with Crippen molar-refractivity contribution in [2.75, 3.05) is 25.9 Å². The highest BCUT2D eigenvalue weighted by Gasteiger charge is 2.34. The van der Waals surface area contributed by atoms with E-state index in [0.29, 0.717) is 38.0 Å². The number of carbonyl (C=O) groups is 4. The minimum atomic E-state index is -3.69. The smallest absolute Gasteiger partial charge is 0.322 e. The van der Waals surface area contributed by atoms with Crippen LogP contribution >= 0.6 is 0 Å². The molecule has 1 saturated carbocycles. The zero-order valence-corrected chi connectivity index (χ0v) is 27.7. The number of phenolic OH excluding ortho intramolecular Hbond substituents is 1. The van der Waals surface area contributed by atoms with Gasteiger partial charge in [-0.2, -0.15) is 0 Å². The van der Waals surface area contributed by atoms with Crippen LogP contribution < -0.4 is 26.4 Å². The van der Waals surface area contributed by atoms with Gasteiger partial charge in [0.05, 0.1) is 12.3 Å². The van der Waals surface area contributed by atoms with Crippen molar-refractivity contribution in [1.29, 1.82) is 0 Å². The third kappa shape index (κ3) is 19.0. The lowest BCUT2D eigenvalue weighted by molar-refractivity contribution is -0.141. The summed E-state index contributed by atoms with van der Waals surface area (Å²) >= 11 is 0. The highest BCUT2D eigenvalue weighted by Crippen LogP contribution is 2.27. The molecule has 0 bridgehead atoms. The van der Waals surface area contributed by atoms with Gasteiger partial charge in [0.1, 0.15) is 24.4 Å². The normalized spacial score (nSPS) is 15.1. The molecule has 0 heterocycles. The van der Waals surface area contributed by atoms with Crippen LogP contribution in [-0.4, -0.2) is 91.5 Å². The molecule has 0 spiro atoms. The Morgan fingerprint density at radius 1 is 0.933 bits per heavy atom. The third-order valence-electron chi connectivity index (χ3n) is 6.94. The number of benzene rings is 1. The molecule has 3 atom stereocenters. The van der Waals surface area contributed by atoms with E-state index in [1.54, 1.807) is 12.1 Å². The van der Waals surface area contributed by atoms with Crippen LogP contribution in [0.1, 0.15) is 77.7 Å². The Hall–Kier alpha value is -3.27. The standard InChI is InChI=1S/C20H37N5O8S.C8H10O.C2H6/c1-34(32,33)25-14(9-5-6-10-21)18(28)22-11-15(20(30)31)24-17(13-7-3-2-4-8-13)19(29)23-12-16(26)27;1-2-7-3-5-8(9)6-4-7;1-2/h13-15,17,24-25H,2-12,21H2,1H3,(H,22,28)(H,23,29)(H,26,27)(H,30,31);3-6,9H,2H2,1H3;1-2H3. The van der Waals surface area contributed by atoms with Crippen molar-refractivity contribution < 1.29 is 42.9 Å². The molecule has 0 aromatic heterocycles. The van der Waals surface area contributed by atoms with Crippen LogP contribution in [-0.2, 0) is 35.6 Å². The quantitative estimate of drug-likeness (QED) is 0.111. The molecule has 9 N–H and O–H groups in total. The topological polar surface area (TPSA) is 237 Å². The average Bonchev–Trinajstić information content (AvgIpc) is 3.00. The lowest BCUT2D eigenvalue weighted by atomic mass is 9.83. The number of hydrogen-bond acceptors (Lipinski definition) is 9. The van der Waals surface area contributed by atoms with E-state index in [0.717, 1.165) is 31.9 Å². The molecule has 1 aromatic carbocycles. The van der Waals surface area contributed by atoms with Gasteiger partial charge in [-0.05, 0) is 62.3 Å². The van der Waals surface area contributed by atoms with Crippen molar-refractivity contribution >= 4 is 33.8 Å². The van der Waals surface area contributed by atoms with E-state index in [9.17, 15) is 32.7 Å². The number of hydrogen-bond donors (Lipinski definition) is 8. The van der Waals surface area contributed by atoms with E-state index in [1.165, 1.54) is 5.56 Å². The Kier molecular flexibility index (Phi) is 21.4. The molecular formula is C30H53N5O9S. The van der Waals surface area contributed by atoms with Crippen LogP contribution in [0.15, 0.2) is 24.3 Å². The van der Waals surface area contributed by atoms with Gasteiger partial charge in [0, 0.05) is 6.54 Å². The first kappa shape index (κ1) is 41.7. The Labute approximate surface area is 267 Å². The average molecular weight is 660 g/mol. The second-order valence-electron chi connectivity index (χ2n) is 10.5. The molecule has 1 aliphatic carbocycles. The maximum atomic E-state index is 12.7. The number of nitrogens with two attached hydrogens (primary N) is 1. The number of aliphatic carboxylic acids is 2. The van der Waals surface area contributed by atoms with Crippen molar-refractivity contribution in [2.24, 2.45) is 11.7 Å². The summed E-state index contributed by atoms with van der Waals surface area (Å²) in [5.41, 5.74) is 6.70. The molecule has 0 saturated heterocycles. The second kappa shape index (κ2) is 23.1. The van der Waals surface area contributed by atoms with Gasteiger partial charge in [0.25, 0.3) is 0 Å². The van der Waals surface area contributed by atoms with Crippen molar-refractivity contribution in [1.82, 2.24) is 20.7 Å². The van der Waals surface area contributed by atoms with Gasteiger partial charge in [-0.1, -0.05) is 58.6 Å². The Morgan fingerprint density at radius 3 is 2.02 bits per heavy atom. The predicted molar refractivity (Wildman–Crippen MR) is 172 cm³/mol. The highest BCUT2D eigenvalue weighted by molar-refractivity contribution is 7.88. The first-order valence-electron chi connectivity index (χ1n) is 15.5. The van der Waals surface area contributed by atoms with E-state index < -0.39 is 65.0 Å². The number of phenols is 1. The van der Waals surface area contributed by atoms with Gasteiger partial charge in [-0.25, -0.2) is 13.1 Å². The van der Waals surface area contributed by atoms with Crippen LogP contribution in [0, 0.1) is 5.92 Å². The minimum absolute atomic E-state index is 0.184. The van der Waals surface area contributed by atoms with Crippen molar-refractivity contribution in [2.45, 2.75) is 96.7 Å². The van der Waals surface area contributed by atoms with E-state index in [-0.39, 0.29) is 12.3 Å². The van der Waals surface area contributed by atoms with Gasteiger partial charge in [-0.15, -0.1) is 0 Å². The van der Waals surface area contributed by atoms with Crippen LogP contribution in [0.3, 0.4) is 0 Å². The van der Waals surface area contributed by atoms with E-state index >= 15 is 0 Å². The van der Waals surface area contributed by atoms with Gasteiger partial charge < -0.3 is 31.7 Å². The summed E-state index contributed by atoms with van der Waals surface area (Å²) in [7, 11) is -3.69. The Bertz CT molecular complexity index is 1130. The Morgan fingerprint density at radius 2 is 1.53 bits per heavy atom. The molecule has 0 radical (unpaired) electrons. The minimum Gasteiger partial charge on any atom is -0.508 e. The Balaban J connectivity index is 0.00000148. The zero-order chi connectivity index (χ0) is 34.4. The lowest BCUT2D eigenvalue weighted by Gasteiger charge is -2.32. The molecule has 0 aliphatic heterocycles. The molecule has 1 fully saturated rings. The van der Waals surface area contributed by atoms with Gasteiger partial charge >= 0.3 is 11.9 Å². The fraction of sp³-hybridized carbons (Fsp3) is 0.667.